The number of aromatic nitrogens is 3. The molecule has 0 aromatic carbocycles. The molecule has 0 aliphatic carbocycles. The quantitative estimate of drug-likeness (QED) is 0.879. The molecule has 2 aromatic heterocycles. The number of amides is 1. The van der Waals surface area contributed by atoms with Crippen LogP contribution in [0.4, 0.5) is 0 Å². The fourth-order valence-electron chi connectivity index (χ4n) is 3.58. The number of hydrogen-bond acceptors (Lipinski definition) is 4. The standard InChI is InChI=1S/C18H20N4O2/c1-2-15(23)22-6-3-13(10-22)17-16-14(12-4-7-24-8-5-12)9-19-18(16)21-11-20-17/h2-3,9,11-12H,1,4-8,10H2,(H,19,20,21). The highest BCUT2D eigenvalue weighted by atomic mass is 16.5. The maximum atomic E-state index is 11.8. The van der Waals surface area contributed by atoms with Crippen LogP contribution in [0.25, 0.3) is 16.6 Å². The fourth-order valence-corrected chi connectivity index (χ4v) is 3.58. The van der Waals surface area contributed by atoms with Crippen LogP contribution in [0.2, 0.25) is 0 Å². The van der Waals surface area contributed by atoms with E-state index in [9.17, 15) is 4.79 Å². The monoisotopic (exact) mass is 324 g/mol. The smallest absolute Gasteiger partial charge is 0.246 e. The third-order valence-electron chi connectivity index (χ3n) is 4.87. The van der Waals surface area contributed by atoms with Crippen molar-refractivity contribution in [2.45, 2.75) is 18.8 Å². The molecule has 4 rings (SSSR count). The molecule has 124 valence electrons. The minimum Gasteiger partial charge on any atom is -0.381 e. The van der Waals surface area contributed by atoms with Crippen molar-refractivity contribution in [1.29, 1.82) is 0 Å². The van der Waals surface area contributed by atoms with E-state index in [2.05, 4.69) is 33.8 Å². The zero-order chi connectivity index (χ0) is 16.5. The number of H-pyrrole nitrogens is 1. The van der Waals surface area contributed by atoms with Crippen molar-refractivity contribution in [2.75, 3.05) is 26.3 Å². The first-order valence-corrected chi connectivity index (χ1v) is 8.28. The van der Waals surface area contributed by atoms with Gasteiger partial charge in [-0.1, -0.05) is 12.7 Å². The molecule has 4 heterocycles. The Morgan fingerprint density at radius 1 is 1.38 bits per heavy atom. The van der Waals surface area contributed by atoms with Crippen molar-refractivity contribution >= 4 is 22.5 Å². The zero-order valence-corrected chi connectivity index (χ0v) is 13.5. The predicted octanol–water partition coefficient (Wildman–Crippen LogP) is 2.26. The highest BCUT2D eigenvalue weighted by molar-refractivity contribution is 5.95. The van der Waals surface area contributed by atoms with E-state index in [1.165, 1.54) is 11.6 Å². The molecule has 1 amide bonds. The average molecular weight is 324 g/mol. The normalized spacial score (nSPS) is 18.8. The van der Waals surface area contributed by atoms with Crippen LogP contribution in [0.15, 0.2) is 31.3 Å². The number of ether oxygens (including phenoxy) is 1. The zero-order valence-electron chi connectivity index (χ0n) is 13.5. The van der Waals surface area contributed by atoms with E-state index in [1.807, 2.05) is 0 Å². The second kappa shape index (κ2) is 6.20. The van der Waals surface area contributed by atoms with Crippen LogP contribution >= 0.6 is 0 Å². The first-order chi connectivity index (χ1) is 11.8. The molecule has 2 aliphatic rings. The number of fused-ring (bicyclic) bond motifs is 1. The maximum Gasteiger partial charge on any atom is 0.246 e. The lowest BCUT2D eigenvalue weighted by molar-refractivity contribution is -0.124. The summed E-state index contributed by atoms with van der Waals surface area (Å²) in [5, 5.41) is 1.09. The topological polar surface area (TPSA) is 71.1 Å². The lowest BCUT2D eigenvalue weighted by atomic mass is 9.90. The third kappa shape index (κ3) is 2.53. The van der Waals surface area contributed by atoms with Crippen molar-refractivity contribution in [1.82, 2.24) is 19.9 Å². The Balaban J connectivity index is 1.72. The van der Waals surface area contributed by atoms with E-state index >= 15 is 0 Å². The van der Waals surface area contributed by atoms with Gasteiger partial charge in [-0.15, -0.1) is 0 Å². The van der Waals surface area contributed by atoms with E-state index in [0.717, 1.165) is 48.4 Å². The molecule has 0 saturated carbocycles. The van der Waals surface area contributed by atoms with Crippen LogP contribution in [-0.2, 0) is 9.53 Å². The second-order valence-electron chi connectivity index (χ2n) is 6.23. The summed E-state index contributed by atoms with van der Waals surface area (Å²) in [7, 11) is 0. The average Bonchev–Trinajstić information content (AvgIpc) is 3.29. The van der Waals surface area contributed by atoms with Gasteiger partial charge in [0.1, 0.15) is 12.0 Å². The summed E-state index contributed by atoms with van der Waals surface area (Å²) in [5.41, 5.74) is 4.13. The SMILES string of the molecule is C=CC(=O)N1CC=C(c2ncnc3[nH]cc(C4CCOCC4)c23)C1. The van der Waals surface area contributed by atoms with Crippen molar-refractivity contribution < 1.29 is 9.53 Å². The van der Waals surface area contributed by atoms with Gasteiger partial charge in [0.15, 0.2) is 0 Å². The van der Waals surface area contributed by atoms with Gasteiger partial charge in [0.25, 0.3) is 0 Å². The number of nitrogens with one attached hydrogen (secondary N) is 1. The largest absolute Gasteiger partial charge is 0.381 e. The van der Waals surface area contributed by atoms with Crippen LogP contribution in [0, 0.1) is 0 Å². The van der Waals surface area contributed by atoms with Gasteiger partial charge >= 0.3 is 0 Å². The summed E-state index contributed by atoms with van der Waals surface area (Å²) >= 11 is 0. The van der Waals surface area contributed by atoms with Gasteiger partial charge in [-0.05, 0) is 36.0 Å². The predicted molar refractivity (Wildman–Crippen MR) is 91.4 cm³/mol. The van der Waals surface area contributed by atoms with Crippen LogP contribution in [0.3, 0.4) is 0 Å². The molecule has 1 saturated heterocycles. The van der Waals surface area contributed by atoms with E-state index in [4.69, 9.17) is 4.74 Å². The number of carbonyl (C=O) groups is 1. The van der Waals surface area contributed by atoms with Crippen molar-refractivity contribution in [3.05, 3.63) is 42.5 Å². The van der Waals surface area contributed by atoms with Gasteiger partial charge in [0.2, 0.25) is 5.91 Å². The molecular weight excluding hydrogens is 304 g/mol. The molecule has 0 unspecified atom stereocenters. The third-order valence-corrected chi connectivity index (χ3v) is 4.87. The van der Waals surface area contributed by atoms with E-state index in [1.54, 1.807) is 11.2 Å². The summed E-state index contributed by atoms with van der Waals surface area (Å²) in [6, 6.07) is 0. The van der Waals surface area contributed by atoms with Crippen molar-refractivity contribution in [3.63, 3.8) is 0 Å². The summed E-state index contributed by atoms with van der Waals surface area (Å²) < 4.78 is 5.49. The second-order valence-corrected chi connectivity index (χ2v) is 6.23. The lowest BCUT2D eigenvalue weighted by Crippen LogP contribution is -2.26. The fraction of sp³-hybridized carbons (Fsp3) is 0.389. The van der Waals surface area contributed by atoms with E-state index in [-0.39, 0.29) is 5.91 Å². The van der Waals surface area contributed by atoms with Crippen LogP contribution < -0.4 is 0 Å². The number of hydrogen-bond donors (Lipinski definition) is 1. The summed E-state index contributed by atoms with van der Waals surface area (Å²) in [4.78, 5) is 25.8. The molecule has 0 radical (unpaired) electrons. The first-order valence-electron chi connectivity index (χ1n) is 8.28. The Morgan fingerprint density at radius 3 is 3.00 bits per heavy atom. The number of aromatic amines is 1. The highest BCUT2D eigenvalue weighted by Crippen LogP contribution is 2.35. The van der Waals surface area contributed by atoms with Gasteiger partial charge in [-0.2, -0.15) is 0 Å². The minimum atomic E-state index is -0.0507. The Bertz CT molecular complexity index is 818. The molecule has 0 atom stereocenters. The molecule has 1 N–H and O–H groups in total. The Morgan fingerprint density at radius 2 is 2.21 bits per heavy atom. The molecule has 6 heteroatoms. The molecular formula is C18H20N4O2. The molecule has 0 bridgehead atoms. The molecule has 2 aliphatic heterocycles. The van der Waals surface area contributed by atoms with Gasteiger partial charge in [-0.3, -0.25) is 4.79 Å². The molecule has 6 nitrogen and oxygen atoms in total. The first kappa shape index (κ1) is 15.1. The molecule has 2 aromatic rings. The van der Waals surface area contributed by atoms with Crippen LogP contribution in [0.5, 0.6) is 0 Å². The molecule has 0 spiro atoms. The highest BCUT2D eigenvalue weighted by Gasteiger charge is 2.25. The number of nitrogens with zero attached hydrogens (tertiary/aromatic N) is 3. The summed E-state index contributed by atoms with van der Waals surface area (Å²) in [6.45, 7) is 6.32. The molecule has 24 heavy (non-hydrogen) atoms. The Hall–Kier alpha value is -2.47. The lowest BCUT2D eigenvalue weighted by Gasteiger charge is -2.22. The van der Waals surface area contributed by atoms with Gasteiger partial charge in [0.05, 0.1) is 5.69 Å². The van der Waals surface area contributed by atoms with Crippen molar-refractivity contribution in [2.24, 2.45) is 0 Å². The maximum absolute atomic E-state index is 11.8. The molecule has 1 fully saturated rings. The Labute approximate surface area is 140 Å². The van der Waals surface area contributed by atoms with Crippen LogP contribution in [-0.4, -0.2) is 52.1 Å². The Kier molecular flexibility index (Phi) is 3.90. The van der Waals surface area contributed by atoms with Gasteiger partial charge in [-0.25, -0.2) is 9.97 Å². The van der Waals surface area contributed by atoms with E-state index < -0.39 is 0 Å². The van der Waals surface area contributed by atoms with Gasteiger partial charge < -0.3 is 14.6 Å². The number of rotatable bonds is 3. The van der Waals surface area contributed by atoms with Crippen LogP contribution in [0.1, 0.15) is 30.0 Å². The van der Waals surface area contributed by atoms with Crippen molar-refractivity contribution in [3.8, 4) is 0 Å². The summed E-state index contributed by atoms with van der Waals surface area (Å²) in [6.07, 6.45) is 9.10. The van der Waals surface area contributed by atoms with Gasteiger partial charge in [0, 0.05) is 37.9 Å². The summed E-state index contributed by atoms with van der Waals surface area (Å²) in [5.74, 6) is 0.412. The number of carbonyl (C=O) groups excluding carboxylic acids is 1. The minimum absolute atomic E-state index is 0.0507. The van der Waals surface area contributed by atoms with E-state index in [0.29, 0.717) is 19.0 Å².